The zero-order chi connectivity index (χ0) is 17.1. The molecule has 2 amide bonds. The minimum absolute atomic E-state index is 0.0855. The Morgan fingerprint density at radius 3 is 2.62 bits per heavy atom. The first-order chi connectivity index (χ1) is 11.5. The van der Waals surface area contributed by atoms with Gasteiger partial charge in [0.25, 0.3) is 0 Å². The van der Waals surface area contributed by atoms with Crippen molar-refractivity contribution >= 4 is 17.8 Å². The predicted octanol–water partition coefficient (Wildman–Crippen LogP) is 1.20. The average Bonchev–Trinajstić information content (AvgIpc) is 3.11. The van der Waals surface area contributed by atoms with Crippen LogP contribution in [0.5, 0.6) is 0 Å². The molecule has 2 N–H and O–H groups in total. The Morgan fingerprint density at radius 2 is 1.96 bits per heavy atom. The molecular weight excluding hydrogens is 306 g/mol. The smallest absolute Gasteiger partial charge is 0.227 e. The summed E-state index contributed by atoms with van der Waals surface area (Å²) < 4.78 is 0. The Labute approximate surface area is 142 Å². The van der Waals surface area contributed by atoms with Crippen LogP contribution in [0, 0.1) is 5.92 Å². The number of carbonyl (C=O) groups is 2. The van der Waals surface area contributed by atoms with E-state index < -0.39 is 0 Å². The molecule has 1 aromatic rings. The second-order valence-corrected chi connectivity index (χ2v) is 6.86. The van der Waals surface area contributed by atoms with Gasteiger partial charge in [0.05, 0.1) is 5.92 Å². The second-order valence-electron chi connectivity index (χ2n) is 6.86. The van der Waals surface area contributed by atoms with Crippen LogP contribution in [-0.4, -0.2) is 51.2 Å². The normalized spacial score (nSPS) is 22.0. The van der Waals surface area contributed by atoms with Crippen LogP contribution in [0.1, 0.15) is 44.1 Å². The van der Waals surface area contributed by atoms with Crippen LogP contribution in [0.15, 0.2) is 12.4 Å². The molecule has 0 radical (unpaired) electrons. The highest BCUT2D eigenvalue weighted by Gasteiger charge is 2.36. The van der Waals surface area contributed by atoms with E-state index in [1.54, 1.807) is 24.3 Å². The number of rotatable bonds is 4. The van der Waals surface area contributed by atoms with Gasteiger partial charge in [0.15, 0.2) is 0 Å². The third-order valence-corrected chi connectivity index (χ3v) is 5.08. The molecule has 0 aromatic carbocycles. The topological polar surface area (TPSA) is 92.4 Å². The zero-order valence-electron chi connectivity index (χ0n) is 14.1. The fourth-order valence-corrected chi connectivity index (χ4v) is 3.75. The minimum atomic E-state index is -0.108. The van der Waals surface area contributed by atoms with Gasteiger partial charge < -0.3 is 15.5 Å². The SMILES string of the molecule is CN(Cc1cnc(N)nc1)C(=O)C1CCC(=O)N(C2CCCC2)C1. The maximum Gasteiger partial charge on any atom is 0.227 e. The number of nitrogens with zero attached hydrogens (tertiary/aromatic N) is 4. The summed E-state index contributed by atoms with van der Waals surface area (Å²) in [6.45, 7) is 1.01. The van der Waals surface area contributed by atoms with Gasteiger partial charge in [-0.3, -0.25) is 9.59 Å². The van der Waals surface area contributed by atoms with Crippen LogP contribution < -0.4 is 5.73 Å². The molecule has 1 atom stereocenters. The third-order valence-electron chi connectivity index (χ3n) is 5.08. The van der Waals surface area contributed by atoms with Crippen LogP contribution in [-0.2, 0) is 16.1 Å². The van der Waals surface area contributed by atoms with E-state index in [4.69, 9.17) is 5.73 Å². The maximum absolute atomic E-state index is 12.8. The lowest BCUT2D eigenvalue weighted by molar-refractivity contribution is -0.144. The summed E-state index contributed by atoms with van der Waals surface area (Å²) in [7, 11) is 1.79. The molecule has 130 valence electrons. The van der Waals surface area contributed by atoms with E-state index in [0.717, 1.165) is 18.4 Å². The van der Waals surface area contributed by atoms with Crippen LogP contribution in [0.2, 0.25) is 0 Å². The Morgan fingerprint density at radius 1 is 1.29 bits per heavy atom. The van der Waals surface area contributed by atoms with Crippen molar-refractivity contribution in [2.24, 2.45) is 5.92 Å². The van der Waals surface area contributed by atoms with Crippen molar-refractivity contribution in [1.29, 1.82) is 0 Å². The van der Waals surface area contributed by atoms with Crippen molar-refractivity contribution < 1.29 is 9.59 Å². The minimum Gasteiger partial charge on any atom is -0.368 e. The highest BCUT2D eigenvalue weighted by atomic mass is 16.2. The number of amides is 2. The van der Waals surface area contributed by atoms with Gasteiger partial charge >= 0.3 is 0 Å². The Bertz CT molecular complexity index is 598. The van der Waals surface area contributed by atoms with Gasteiger partial charge in [-0.25, -0.2) is 9.97 Å². The van der Waals surface area contributed by atoms with E-state index in [-0.39, 0.29) is 23.7 Å². The summed E-state index contributed by atoms with van der Waals surface area (Å²) in [5, 5.41) is 0. The molecule has 1 aliphatic carbocycles. The molecule has 2 fully saturated rings. The van der Waals surface area contributed by atoms with Crippen molar-refractivity contribution in [3.05, 3.63) is 18.0 Å². The van der Waals surface area contributed by atoms with E-state index in [9.17, 15) is 9.59 Å². The van der Waals surface area contributed by atoms with Crippen molar-refractivity contribution in [2.75, 3.05) is 19.3 Å². The predicted molar refractivity (Wildman–Crippen MR) is 89.6 cm³/mol. The number of anilines is 1. The van der Waals surface area contributed by atoms with E-state index in [1.807, 2.05) is 4.90 Å². The molecule has 1 saturated carbocycles. The number of piperidine rings is 1. The standard InChI is InChI=1S/C17H25N5O2/c1-21(10-12-8-19-17(18)20-9-12)16(24)13-6-7-15(23)22(11-13)14-4-2-3-5-14/h8-9,13-14H,2-7,10-11H2,1H3,(H2,18,19,20). The molecule has 0 spiro atoms. The van der Waals surface area contributed by atoms with Crippen molar-refractivity contribution in [2.45, 2.75) is 51.1 Å². The van der Waals surface area contributed by atoms with Crippen LogP contribution in [0.25, 0.3) is 0 Å². The first kappa shape index (κ1) is 16.7. The largest absolute Gasteiger partial charge is 0.368 e. The number of nitrogen functional groups attached to an aromatic ring is 1. The first-order valence-corrected chi connectivity index (χ1v) is 8.65. The number of nitrogens with two attached hydrogens (primary N) is 1. The van der Waals surface area contributed by atoms with E-state index >= 15 is 0 Å². The molecule has 1 aliphatic heterocycles. The summed E-state index contributed by atoms with van der Waals surface area (Å²) in [5.41, 5.74) is 6.33. The number of likely N-dealkylation sites (tertiary alicyclic amines) is 1. The van der Waals surface area contributed by atoms with Crippen molar-refractivity contribution in [3.63, 3.8) is 0 Å². The molecule has 0 bridgehead atoms. The fourth-order valence-electron chi connectivity index (χ4n) is 3.75. The molecule has 1 aromatic heterocycles. The summed E-state index contributed by atoms with van der Waals surface area (Å²) in [4.78, 5) is 36.5. The quantitative estimate of drug-likeness (QED) is 0.895. The summed E-state index contributed by atoms with van der Waals surface area (Å²) in [5.74, 6) is 0.414. The van der Waals surface area contributed by atoms with E-state index in [0.29, 0.717) is 32.0 Å². The first-order valence-electron chi connectivity index (χ1n) is 8.65. The summed E-state index contributed by atoms with van der Waals surface area (Å²) in [6, 6.07) is 0.337. The van der Waals surface area contributed by atoms with Gasteiger partial charge in [-0.05, 0) is 19.3 Å². The van der Waals surface area contributed by atoms with Crippen LogP contribution in [0.3, 0.4) is 0 Å². The van der Waals surface area contributed by atoms with Gasteiger partial charge in [0, 0.05) is 50.6 Å². The van der Waals surface area contributed by atoms with E-state index in [2.05, 4.69) is 9.97 Å². The van der Waals surface area contributed by atoms with Crippen molar-refractivity contribution in [3.8, 4) is 0 Å². The zero-order valence-corrected chi connectivity index (χ0v) is 14.1. The molecule has 1 saturated heterocycles. The molecule has 2 heterocycles. The Balaban J connectivity index is 1.60. The van der Waals surface area contributed by atoms with Gasteiger partial charge in [0.2, 0.25) is 17.8 Å². The maximum atomic E-state index is 12.8. The molecule has 7 nitrogen and oxygen atoms in total. The number of hydrogen-bond donors (Lipinski definition) is 1. The lowest BCUT2D eigenvalue weighted by Crippen LogP contribution is -2.49. The second kappa shape index (κ2) is 7.15. The number of carbonyl (C=O) groups excluding carboxylic acids is 2. The average molecular weight is 331 g/mol. The van der Waals surface area contributed by atoms with Gasteiger partial charge in [-0.2, -0.15) is 0 Å². The van der Waals surface area contributed by atoms with Gasteiger partial charge in [-0.1, -0.05) is 12.8 Å². The van der Waals surface area contributed by atoms with Gasteiger partial charge in [-0.15, -0.1) is 0 Å². The van der Waals surface area contributed by atoms with E-state index in [1.165, 1.54) is 12.8 Å². The highest BCUT2D eigenvalue weighted by Crippen LogP contribution is 2.29. The Kier molecular flexibility index (Phi) is 4.97. The van der Waals surface area contributed by atoms with Crippen LogP contribution >= 0.6 is 0 Å². The molecule has 2 aliphatic rings. The summed E-state index contributed by atoms with van der Waals surface area (Å²) >= 11 is 0. The van der Waals surface area contributed by atoms with Crippen LogP contribution in [0.4, 0.5) is 5.95 Å². The fraction of sp³-hybridized carbons (Fsp3) is 0.647. The lowest BCUT2D eigenvalue weighted by Gasteiger charge is -2.37. The number of hydrogen-bond acceptors (Lipinski definition) is 5. The molecule has 3 rings (SSSR count). The summed E-state index contributed by atoms with van der Waals surface area (Å²) in [6.07, 6.45) is 8.92. The molecule has 24 heavy (non-hydrogen) atoms. The monoisotopic (exact) mass is 331 g/mol. The highest BCUT2D eigenvalue weighted by molar-refractivity contribution is 5.84. The molecule has 7 heteroatoms. The number of aromatic nitrogens is 2. The molecular formula is C17H25N5O2. The lowest BCUT2D eigenvalue weighted by atomic mass is 9.94. The Hall–Kier alpha value is -2.18. The third kappa shape index (κ3) is 3.66. The van der Waals surface area contributed by atoms with Crippen molar-refractivity contribution in [1.82, 2.24) is 19.8 Å². The van der Waals surface area contributed by atoms with Gasteiger partial charge in [0.1, 0.15) is 0 Å². The molecule has 1 unspecified atom stereocenters.